The van der Waals surface area contributed by atoms with Crippen molar-refractivity contribution in [2.45, 2.75) is 33.2 Å². The van der Waals surface area contributed by atoms with Gasteiger partial charge < -0.3 is 9.64 Å². The van der Waals surface area contributed by atoms with E-state index in [1.807, 2.05) is 37.3 Å². The molecule has 0 spiro atoms. The van der Waals surface area contributed by atoms with Gasteiger partial charge in [-0.3, -0.25) is 14.2 Å². The van der Waals surface area contributed by atoms with Crippen molar-refractivity contribution < 1.29 is 9.53 Å². The molecule has 0 radical (unpaired) electrons. The van der Waals surface area contributed by atoms with Gasteiger partial charge in [0.05, 0.1) is 16.9 Å². The van der Waals surface area contributed by atoms with Crippen molar-refractivity contribution in [2.24, 2.45) is 13.0 Å². The number of hydrogen-bond donors (Lipinski definition) is 0. The monoisotopic (exact) mass is 441 g/mol. The first-order valence-corrected chi connectivity index (χ1v) is 10.8. The number of amides is 1. The maximum atomic E-state index is 13.1. The van der Waals surface area contributed by atoms with Gasteiger partial charge in [0.2, 0.25) is 0 Å². The fourth-order valence-electron chi connectivity index (χ4n) is 3.45. The Labute approximate surface area is 187 Å². The van der Waals surface area contributed by atoms with Crippen LogP contribution >= 0.6 is 11.6 Å². The summed E-state index contributed by atoms with van der Waals surface area (Å²) < 4.78 is 7.19. The predicted molar refractivity (Wildman–Crippen MR) is 124 cm³/mol. The Morgan fingerprint density at radius 2 is 1.87 bits per heavy atom. The summed E-state index contributed by atoms with van der Waals surface area (Å²) in [6.45, 7) is 6.57. The fourth-order valence-corrected chi connectivity index (χ4v) is 3.62. The van der Waals surface area contributed by atoms with Crippen LogP contribution in [0.4, 0.5) is 0 Å². The van der Waals surface area contributed by atoms with E-state index in [-0.39, 0.29) is 18.1 Å². The van der Waals surface area contributed by atoms with Crippen LogP contribution in [-0.2, 0) is 11.8 Å². The lowest BCUT2D eigenvalue weighted by Gasteiger charge is -2.30. The van der Waals surface area contributed by atoms with Crippen LogP contribution in [0.3, 0.4) is 0 Å². The molecule has 0 aliphatic carbocycles. The molecule has 0 aliphatic heterocycles. The third-order valence-electron chi connectivity index (χ3n) is 5.29. The molecule has 1 unspecified atom stereocenters. The van der Waals surface area contributed by atoms with Crippen molar-refractivity contribution in [1.29, 1.82) is 0 Å². The Bertz CT molecular complexity index is 1110. The maximum absolute atomic E-state index is 13.1. The molecule has 1 amide bonds. The van der Waals surface area contributed by atoms with Gasteiger partial charge in [-0.1, -0.05) is 43.6 Å². The number of benzene rings is 2. The van der Waals surface area contributed by atoms with E-state index in [0.29, 0.717) is 40.0 Å². The summed E-state index contributed by atoms with van der Waals surface area (Å²) in [4.78, 5) is 32.4. The molecule has 6 nitrogen and oxygen atoms in total. The standard InChI is InChI=1S/C24H28ClN3O3/c1-16(2)12-13-28(22(29)15-31-19-8-6-5-7-9-19)17(3)23-26-21-14-18(25)10-11-20(21)24(30)27(23)4/h5-11,14,16-17H,12-13,15H2,1-4H3. The van der Waals surface area contributed by atoms with Crippen LogP contribution in [0.5, 0.6) is 5.75 Å². The summed E-state index contributed by atoms with van der Waals surface area (Å²) in [5, 5.41) is 1.01. The molecule has 0 N–H and O–H groups in total. The van der Waals surface area contributed by atoms with E-state index in [9.17, 15) is 9.59 Å². The second-order valence-corrected chi connectivity index (χ2v) is 8.48. The van der Waals surface area contributed by atoms with E-state index in [1.54, 1.807) is 30.1 Å². The molecular formula is C24H28ClN3O3. The minimum atomic E-state index is -0.410. The van der Waals surface area contributed by atoms with E-state index < -0.39 is 6.04 Å². The molecular weight excluding hydrogens is 414 g/mol. The van der Waals surface area contributed by atoms with Gasteiger partial charge in [0.15, 0.2) is 6.61 Å². The number of para-hydroxylation sites is 1. The summed E-state index contributed by atoms with van der Waals surface area (Å²) >= 11 is 6.11. The number of carbonyl (C=O) groups is 1. The maximum Gasteiger partial charge on any atom is 0.261 e. The molecule has 7 heteroatoms. The zero-order valence-electron chi connectivity index (χ0n) is 18.3. The Morgan fingerprint density at radius 1 is 1.16 bits per heavy atom. The number of nitrogens with zero attached hydrogens (tertiary/aromatic N) is 3. The van der Waals surface area contributed by atoms with Crippen LogP contribution in [0, 0.1) is 5.92 Å². The smallest absolute Gasteiger partial charge is 0.261 e. The quantitative estimate of drug-likeness (QED) is 0.512. The van der Waals surface area contributed by atoms with Crippen LogP contribution in [0.15, 0.2) is 53.3 Å². The second kappa shape index (κ2) is 9.96. The van der Waals surface area contributed by atoms with E-state index in [1.165, 1.54) is 4.57 Å². The summed E-state index contributed by atoms with van der Waals surface area (Å²) in [7, 11) is 1.68. The fraction of sp³-hybridized carbons (Fsp3) is 0.375. The topological polar surface area (TPSA) is 64.4 Å². The third-order valence-corrected chi connectivity index (χ3v) is 5.52. The SMILES string of the molecule is CC(C)CCN(C(=O)COc1ccccc1)C(C)c1nc2cc(Cl)ccc2c(=O)n1C. The van der Waals surface area contributed by atoms with Gasteiger partial charge in [-0.2, -0.15) is 0 Å². The zero-order chi connectivity index (χ0) is 22.5. The second-order valence-electron chi connectivity index (χ2n) is 8.04. The van der Waals surface area contributed by atoms with Crippen molar-refractivity contribution in [3.63, 3.8) is 0 Å². The number of fused-ring (bicyclic) bond motifs is 1. The van der Waals surface area contributed by atoms with E-state index in [2.05, 4.69) is 18.8 Å². The van der Waals surface area contributed by atoms with E-state index >= 15 is 0 Å². The lowest BCUT2D eigenvalue weighted by molar-refractivity contribution is -0.136. The summed E-state index contributed by atoms with van der Waals surface area (Å²) in [5.41, 5.74) is 0.356. The lowest BCUT2D eigenvalue weighted by atomic mass is 10.1. The van der Waals surface area contributed by atoms with Crippen molar-refractivity contribution >= 4 is 28.4 Å². The van der Waals surface area contributed by atoms with Crippen molar-refractivity contribution in [3.05, 3.63) is 69.7 Å². The van der Waals surface area contributed by atoms with Crippen LogP contribution in [-0.4, -0.2) is 33.5 Å². The first kappa shape index (κ1) is 22.8. The van der Waals surface area contributed by atoms with Crippen LogP contribution in [0.25, 0.3) is 10.9 Å². The van der Waals surface area contributed by atoms with E-state index in [4.69, 9.17) is 16.3 Å². The van der Waals surface area contributed by atoms with Crippen molar-refractivity contribution in [1.82, 2.24) is 14.5 Å². The number of aromatic nitrogens is 2. The summed E-state index contributed by atoms with van der Waals surface area (Å²) in [5.74, 6) is 1.41. The molecule has 3 aromatic rings. The number of rotatable bonds is 8. The minimum absolute atomic E-state index is 0.0835. The van der Waals surface area contributed by atoms with Crippen LogP contribution in [0.1, 0.15) is 39.1 Å². The first-order chi connectivity index (χ1) is 14.8. The Balaban J connectivity index is 1.92. The highest BCUT2D eigenvalue weighted by molar-refractivity contribution is 6.31. The molecule has 1 atom stereocenters. The summed E-state index contributed by atoms with van der Waals surface area (Å²) in [6, 6.07) is 13.9. The average Bonchev–Trinajstić information content (AvgIpc) is 2.75. The molecule has 0 fully saturated rings. The van der Waals surface area contributed by atoms with Crippen molar-refractivity contribution in [2.75, 3.05) is 13.2 Å². The van der Waals surface area contributed by atoms with Gasteiger partial charge >= 0.3 is 0 Å². The van der Waals surface area contributed by atoms with Crippen molar-refractivity contribution in [3.8, 4) is 5.75 Å². The average molecular weight is 442 g/mol. The van der Waals surface area contributed by atoms with Gasteiger partial charge in [0, 0.05) is 18.6 Å². The summed E-state index contributed by atoms with van der Waals surface area (Å²) in [6.07, 6.45) is 0.828. The molecule has 31 heavy (non-hydrogen) atoms. The highest BCUT2D eigenvalue weighted by Gasteiger charge is 2.26. The first-order valence-electron chi connectivity index (χ1n) is 10.4. The van der Waals surface area contributed by atoms with E-state index in [0.717, 1.165) is 6.42 Å². The van der Waals surface area contributed by atoms with Gasteiger partial charge in [0.25, 0.3) is 11.5 Å². The lowest BCUT2D eigenvalue weighted by Crippen LogP contribution is -2.40. The Kier molecular flexibility index (Phi) is 7.33. The minimum Gasteiger partial charge on any atom is -0.484 e. The molecule has 2 aromatic carbocycles. The number of hydrogen-bond acceptors (Lipinski definition) is 4. The highest BCUT2D eigenvalue weighted by Crippen LogP contribution is 2.23. The predicted octanol–water partition coefficient (Wildman–Crippen LogP) is 4.60. The molecule has 1 aromatic heterocycles. The largest absolute Gasteiger partial charge is 0.484 e. The van der Waals surface area contributed by atoms with Gasteiger partial charge in [-0.05, 0) is 49.6 Å². The Morgan fingerprint density at radius 3 is 2.55 bits per heavy atom. The third kappa shape index (κ3) is 5.44. The number of carbonyl (C=O) groups excluding carboxylic acids is 1. The van der Waals surface area contributed by atoms with Gasteiger partial charge in [-0.15, -0.1) is 0 Å². The molecule has 164 valence electrons. The number of ether oxygens (including phenoxy) is 1. The molecule has 0 aliphatic rings. The number of halogens is 1. The molecule has 0 saturated heterocycles. The zero-order valence-corrected chi connectivity index (χ0v) is 19.1. The molecule has 0 saturated carbocycles. The van der Waals surface area contributed by atoms with Crippen LogP contribution < -0.4 is 10.3 Å². The van der Waals surface area contributed by atoms with Gasteiger partial charge in [-0.25, -0.2) is 4.98 Å². The molecule has 3 rings (SSSR count). The Hall–Kier alpha value is -2.86. The molecule has 1 heterocycles. The molecule has 0 bridgehead atoms. The normalized spacial score (nSPS) is 12.2. The highest BCUT2D eigenvalue weighted by atomic mass is 35.5. The van der Waals surface area contributed by atoms with Gasteiger partial charge in [0.1, 0.15) is 11.6 Å². The van der Waals surface area contributed by atoms with Crippen LogP contribution in [0.2, 0.25) is 5.02 Å².